The van der Waals surface area contributed by atoms with Gasteiger partial charge in [-0.3, -0.25) is 0 Å². The highest BCUT2D eigenvalue weighted by Gasteiger charge is 2.05. The SMILES string of the molecule is Cc1ncsc1CCOc1ccc(Cl)cc1CN. The van der Waals surface area contributed by atoms with Gasteiger partial charge in [0.2, 0.25) is 0 Å². The van der Waals surface area contributed by atoms with E-state index in [1.807, 2.05) is 30.6 Å². The van der Waals surface area contributed by atoms with Crippen LogP contribution in [0.1, 0.15) is 16.1 Å². The molecule has 2 rings (SSSR count). The lowest BCUT2D eigenvalue weighted by atomic mass is 10.2. The number of halogens is 1. The predicted molar refractivity (Wildman–Crippen MR) is 75.4 cm³/mol. The normalized spacial score (nSPS) is 10.6. The summed E-state index contributed by atoms with van der Waals surface area (Å²) in [5.41, 5.74) is 9.54. The number of nitrogens with zero attached hydrogens (tertiary/aromatic N) is 1. The van der Waals surface area contributed by atoms with Crippen LogP contribution in [0.4, 0.5) is 0 Å². The van der Waals surface area contributed by atoms with Crippen molar-refractivity contribution in [3.63, 3.8) is 0 Å². The Bertz CT molecular complexity index is 527. The highest BCUT2D eigenvalue weighted by molar-refractivity contribution is 7.09. The Morgan fingerprint density at radius 3 is 2.94 bits per heavy atom. The van der Waals surface area contributed by atoms with Crippen LogP contribution in [0, 0.1) is 6.92 Å². The molecule has 1 heterocycles. The van der Waals surface area contributed by atoms with Crippen molar-refractivity contribution in [3.05, 3.63) is 44.9 Å². The van der Waals surface area contributed by atoms with E-state index in [4.69, 9.17) is 22.1 Å². The van der Waals surface area contributed by atoms with Gasteiger partial charge in [0.1, 0.15) is 5.75 Å². The van der Waals surface area contributed by atoms with Crippen LogP contribution >= 0.6 is 22.9 Å². The van der Waals surface area contributed by atoms with Gasteiger partial charge in [-0.05, 0) is 25.1 Å². The van der Waals surface area contributed by atoms with Crippen molar-refractivity contribution in [2.75, 3.05) is 6.61 Å². The second-order valence-electron chi connectivity index (χ2n) is 3.92. The molecule has 0 aliphatic rings. The third kappa shape index (κ3) is 3.22. The summed E-state index contributed by atoms with van der Waals surface area (Å²) >= 11 is 7.57. The molecule has 2 aromatic rings. The van der Waals surface area contributed by atoms with Gasteiger partial charge in [-0.15, -0.1) is 11.3 Å². The largest absolute Gasteiger partial charge is 0.493 e. The number of ether oxygens (including phenoxy) is 1. The van der Waals surface area contributed by atoms with Gasteiger partial charge in [0.05, 0.1) is 17.8 Å². The smallest absolute Gasteiger partial charge is 0.123 e. The van der Waals surface area contributed by atoms with E-state index in [-0.39, 0.29) is 0 Å². The number of benzene rings is 1. The van der Waals surface area contributed by atoms with Crippen molar-refractivity contribution in [2.24, 2.45) is 5.73 Å². The minimum atomic E-state index is 0.426. The van der Waals surface area contributed by atoms with Crippen LogP contribution in [0.2, 0.25) is 5.02 Å². The molecule has 0 aliphatic heterocycles. The fourth-order valence-electron chi connectivity index (χ4n) is 1.67. The third-order valence-electron chi connectivity index (χ3n) is 2.67. The number of thiazole rings is 1. The fraction of sp³-hybridized carbons (Fsp3) is 0.308. The Morgan fingerprint density at radius 1 is 1.44 bits per heavy atom. The number of hydrogen-bond acceptors (Lipinski definition) is 4. The molecule has 3 nitrogen and oxygen atoms in total. The van der Waals surface area contributed by atoms with E-state index in [1.54, 1.807) is 11.3 Å². The van der Waals surface area contributed by atoms with Gasteiger partial charge >= 0.3 is 0 Å². The van der Waals surface area contributed by atoms with Crippen molar-refractivity contribution >= 4 is 22.9 Å². The Hall–Kier alpha value is -1.10. The van der Waals surface area contributed by atoms with Crippen molar-refractivity contribution in [3.8, 4) is 5.75 Å². The predicted octanol–water partition coefficient (Wildman–Crippen LogP) is 3.19. The van der Waals surface area contributed by atoms with Gasteiger partial charge in [0, 0.05) is 28.4 Å². The Morgan fingerprint density at radius 2 is 2.28 bits per heavy atom. The molecule has 2 N–H and O–H groups in total. The molecule has 0 unspecified atom stereocenters. The maximum Gasteiger partial charge on any atom is 0.123 e. The number of nitrogens with two attached hydrogens (primary N) is 1. The molecule has 1 aromatic heterocycles. The molecular weight excluding hydrogens is 268 g/mol. The average molecular weight is 283 g/mol. The molecule has 0 spiro atoms. The Labute approximate surface area is 116 Å². The van der Waals surface area contributed by atoms with E-state index in [1.165, 1.54) is 4.88 Å². The molecule has 96 valence electrons. The van der Waals surface area contributed by atoms with Gasteiger partial charge in [-0.2, -0.15) is 0 Å². The Balaban J connectivity index is 1.96. The topological polar surface area (TPSA) is 48.1 Å². The lowest BCUT2D eigenvalue weighted by molar-refractivity contribution is 0.319. The van der Waals surface area contributed by atoms with Crippen molar-refractivity contribution in [2.45, 2.75) is 19.9 Å². The molecule has 1 aromatic carbocycles. The minimum absolute atomic E-state index is 0.426. The summed E-state index contributed by atoms with van der Waals surface area (Å²) in [6.07, 6.45) is 0.864. The van der Waals surface area contributed by atoms with Gasteiger partial charge < -0.3 is 10.5 Å². The van der Waals surface area contributed by atoms with Gasteiger partial charge in [-0.1, -0.05) is 11.6 Å². The molecule has 0 amide bonds. The van der Waals surface area contributed by atoms with Gasteiger partial charge in [0.15, 0.2) is 0 Å². The quantitative estimate of drug-likeness (QED) is 0.916. The molecule has 0 saturated carbocycles. The zero-order valence-electron chi connectivity index (χ0n) is 10.1. The van der Waals surface area contributed by atoms with E-state index in [0.29, 0.717) is 18.2 Å². The third-order valence-corrected chi connectivity index (χ3v) is 3.90. The number of aromatic nitrogens is 1. The molecule has 0 atom stereocenters. The molecule has 0 bridgehead atoms. The fourth-order valence-corrected chi connectivity index (χ4v) is 2.63. The number of rotatable bonds is 5. The Kier molecular flexibility index (Phi) is 4.58. The van der Waals surface area contributed by atoms with Gasteiger partial charge in [-0.25, -0.2) is 4.98 Å². The summed E-state index contributed by atoms with van der Waals surface area (Å²) in [5, 5.41) is 0.682. The summed E-state index contributed by atoms with van der Waals surface area (Å²) in [6.45, 7) is 3.06. The lowest BCUT2D eigenvalue weighted by Gasteiger charge is -2.10. The molecule has 0 aliphatic carbocycles. The average Bonchev–Trinajstić information content (AvgIpc) is 2.77. The summed E-state index contributed by atoms with van der Waals surface area (Å²) in [5.74, 6) is 0.809. The first-order chi connectivity index (χ1) is 8.70. The van der Waals surface area contributed by atoms with E-state index in [2.05, 4.69) is 4.98 Å². The summed E-state index contributed by atoms with van der Waals surface area (Å²) in [4.78, 5) is 5.48. The van der Waals surface area contributed by atoms with Crippen LogP contribution < -0.4 is 10.5 Å². The molecular formula is C13H15ClN2OS. The van der Waals surface area contributed by atoms with Crippen LogP contribution in [0.5, 0.6) is 5.75 Å². The van der Waals surface area contributed by atoms with Crippen molar-refractivity contribution in [1.82, 2.24) is 4.98 Å². The lowest BCUT2D eigenvalue weighted by Crippen LogP contribution is -2.05. The first kappa shape index (κ1) is 13.3. The second kappa shape index (κ2) is 6.18. The molecule has 0 saturated heterocycles. The molecule has 0 fully saturated rings. The first-order valence-corrected chi connectivity index (χ1v) is 6.96. The second-order valence-corrected chi connectivity index (χ2v) is 5.29. The van der Waals surface area contributed by atoms with Gasteiger partial charge in [0.25, 0.3) is 0 Å². The monoisotopic (exact) mass is 282 g/mol. The highest BCUT2D eigenvalue weighted by atomic mass is 35.5. The summed E-state index contributed by atoms with van der Waals surface area (Å²) < 4.78 is 5.75. The molecule has 0 radical (unpaired) electrons. The van der Waals surface area contributed by atoms with Crippen LogP contribution in [-0.2, 0) is 13.0 Å². The van der Waals surface area contributed by atoms with E-state index < -0.39 is 0 Å². The van der Waals surface area contributed by atoms with Crippen LogP contribution in [0.25, 0.3) is 0 Å². The van der Waals surface area contributed by atoms with Crippen molar-refractivity contribution in [1.29, 1.82) is 0 Å². The van der Waals surface area contributed by atoms with E-state index in [0.717, 1.165) is 23.4 Å². The van der Waals surface area contributed by atoms with Crippen LogP contribution in [0.15, 0.2) is 23.7 Å². The maximum atomic E-state index is 5.91. The summed E-state index contributed by atoms with van der Waals surface area (Å²) in [6, 6.07) is 5.52. The zero-order chi connectivity index (χ0) is 13.0. The van der Waals surface area contributed by atoms with E-state index in [9.17, 15) is 0 Å². The number of hydrogen-bond donors (Lipinski definition) is 1. The highest BCUT2D eigenvalue weighted by Crippen LogP contribution is 2.23. The maximum absolute atomic E-state index is 5.91. The zero-order valence-corrected chi connectivity index (χ0v) is 11.7. The van der Waals surface area contributed by atoms with E-state index >= 15 is 0 Å². The number of aryl methyl sites for hydroxylation is 1. The minimum Gasteiger partial charge on any atom is -0.493 e. The van der Waals surface area contributed by atoms with Crippen LogP contribution in [-0.4, -0.2) is 11.6 Å². The van der Waals surface area contributed by atoms with Crippen LogP contribution in [0.3, 0.4) is 0 Å². The first-order valence-electron chi connectivity index (χ1n) is 5.71. The standard InChI is InChI=1S/C13H15ClN2OS/c1-9-13(18-8-16-9)4-5-17-12-3-2-11(14)6-10(12)7-15/h2-3,6,8H,4-5,7,15H2,1H3. The molecule has 5 heteroatoms. The summed E-state index contributed by atoms with van der Waals surface area (Å²) in [7, 11) is 0. The molecule has 18 heavy (non-hydrogen) atoms. The van der Waals surface area contributed by atoms with Crippen molar-refractivity contribution < 1.29 is 4.74 Å².